The normalized spacial score (nSPS) is 12.8. The maximum Gasteiger partial charge on any atom is 0.0205 e. The number of rotatable bonds is 5. The van der Waals surface area contributed by atoms with Gasteiger partial charge in [0.05, 0.1) is 0 Å². The van der Waals surface area contributed by atoms with Gasteiger partial charge in [0.1, 0.15) is 0 Å². The summed E-state index contributed by atoms with van der Waals surface area (Å²) in [6.45, 7) is 8.66. The molecular weight excluding hydrogens is 170 g/mol. The van der Waals surface area contributed by atoms with Crippen molar-refractivity contribution < 1.29 is 0 Å². The SMILES string of the molecule is CCNCc1ccc(C(C)CC)cc1. The zero-order chi connectivity index (χ0) is 10.4. The second kappa shape index (κ2) is 5.82. The third-order valence-corrected chi connectivity index (χ3v) is 2.74. The van der Waals surface area contributed by atoms with E-state index in [1.54, 1.807) is 0 Å². The summed E-state index contributed by atoms with van der Waals surface area (Å²) in [7, 11) is 0. The highest BCUT2D eigenvalue weighted by Gasteiger charge is 2.01. The van der Waals surface area contributed by atoms with Crippen LogP contribution in [0.4, 0.5) is 0 Å². The van der Waals surface area contributed by atoms with Crippen LogP contribution in [0.25, 0.3) is 0 Å². The molecule has 14 heavy (non-hydrogen) atoms. The van der Waals surface area contributed by atoms with Gasteiger partial charge in [0.25, 0.3) is 0 Å². The molecule has 1 atom stereocenters. The molecule has 0 aromatic heterocycles. The van der Waals surface area contributed by atoms with Gasteiger partial charge in [-0.15, -0.1) is 0 Å². The fourth-order valence-electron chi connectivity index (χ4n) is 1.47. The van der Waals surface area contributed by atoms with Gasteiger partial charge >= 0.3 is 0 Å². The Labute approximate surface area is 87.5 Å². The van der Waals surface area contributed by atoms with Crippen molar-refractivity contribution in [2.45, 2.75) is 39.7 Å². The van der Waals surface area contributed by atoms with Crippen LogP contribution in [0.2, 0.25) is 0 Å². The maximum atomic E-state index is 3.33. The Morgan fingerprint density at radius 3 is 2.29 bits per heavy atom. The molecule has 0 heterocycles. The van der Waals surface area contributed by atoms with Crippen LogP contribution >= 0.6 is 0 Å². The summed E-state index contributed by atoms with van der Waals surface area (Å²) in [6.07, 6.45) is 1.21. The van der Waals surface area contributed by atoms with E-state index in [0.717, 1.165) is 13.1 Å². The lowest BCUT2D eigenvalue weighted by Crippen LogP contribution is -2.11. The van der Waals surface area contributed by atoms with E-state index in [4.69, 9.17) is 0 Å². The minimum absolute atomic E-state index is 0.684. The Kier molecular flexibility index (Phi) is 4.68. The minimum atomic E-state index is 0.684. The van der Waals surface area contributed by atoms with E-state index in [9.17, 15) is 0 Å². The van der Waals surface area contributed by atoms with Gasteiger partial charge in [0.2, 0.25) is 0 Å². The molecule has 0 saturated carbocycles. The average Bonchev–Trinajstić information content (AvgIpc) is 2.26. The van der Waals surface area contributed by atoms with E-state index in [1.807, 2.05) is 0 Å². The Bertz CT molecular complexity index is 250. The molecule has 1 unspecified atom stereocenters. The fourth-order valence-corrected chi connectivity index (χ4v) is 1.47. The first-order valence-electron chi connectivity index (χ1n) is 5.57. The molecule has 78 valence electrons. The van der Waals surface area contributed by atoms with Gasteiger partial charge in [-0.25, -0.2) is 0 Å². The molecule has 0 fully saturated rings. The number of hydrogen-bond donors (Lipinski definition) is 1. The predicted molar refractivity (Wildman–Crippen MR) is 62.5 cm³/mol. The van der Waals surface area contributed by atoms with Crippen molar-refractivity contribution in [2.75, 3.05) is 6.54 Å². The second-order valence-electron chi connectivity index (χ2n) is 3.83. The summed E-state index contributed by atoms with van der Waals surface area (Å²) < 4.78 is 0. The fraction of sp³-hybridized carbons (Fsp3) is 0.538. The van der Waals surface area contributed by atoms with Gasteiger partial charge in [-0.1, -0.05) is 45.0 Å². The summed E-state index contributed by atoms with van der Waals surface area (Å²) >= 11 is 0. The predicted octanol–water partition coefficient (Wildman–Crippen LogP) is 3.31. The largest absolute Gasteiger partial charge is 0.313 e. The van der Waals surface area contributed by atoms with Gasteiger partial charge in [-0.2, -0.15) is 0 Å². The highest BCUT2D eigenvalue weighted by molar-refractivity contribution is 5.24. The van der Waals surface area contributed by atoms with E-state index >= 15 is 0 Å². The summed E-state index contributed by atoms with van der Waals surface area (Å²) in [6, 6.07) is 8.95. The summed E-state index contributed by atoms with van der Waals surface area (Å²) in [5.41, 5.74) is 2.83. The molecule has 0 aliphatic heterocycles. The molecule has 1 aromatic rings. The Morgan fingerprint density at radius 2 is 1.79 bits per heavy atom. The molecule has 0 bridgehead atoms. The number of nitrogens with one attached hydrogen (secondary N) is 1. The van der Waals surface area contributed by atoms with Gasteiger partial charge in [-0.3, -0.25) is 0 Å². The van der Waals surface area contributed by atoms with Crippen LogP contribution in [0.15, 0.2) is 24.3 Å². The molecule has 1 rings (SSSR count). The molecule has 1 aromatic carbocycles. The molecule has 0 aliphatic rings. The number of benzene rings is 1. The van der Waals surface area contributed by atoms with Crippen LogP contribution < -0.4 is 5.32 Å². The Hall–Kier alpha value is -0.820. The third-order valence-electron chi connectivity index (χ3n) is 2.74. The van der Waals surface area contributed by atoms with E-state index in [2.05, 4.69) is 50.4 Å². The first-order valence-corrected chi connectivity index (χ1v) is 5.57. The smallest absolute Gasteiger partial charge is 0.0205 e. The first kappa shape index (κ1) is 11.3. The molecule has 0 spiro atoms. The highest BCUT2D eigenvalue weighted by atomic mass is 14.8. The van der Waals surface area contributed by atoms with Crippen LogP contribution in [0.3, 0.4) is 0 Å². The second-order valence-corrected chi connectivity index (χ2v) is 3.83. The highest BCUT2D eigenvalue weighted by Crippen LogP contribution is 2.18. The standard InChI is InChI=1S/C13H21N/c1-4-11(3)13-8-6-12(7-9-13)10-14-5-2/h6-9,11,14H,4-5,10H2,1-3H3. The Morgan fingerprint density at radius 1 is 1.14 bits per heavy atom. The molecule has 1 heteroatoms. The lowest BCUT2D eigenvalue weighted by Gasteiger charge is -2.09. The van der Waals surface area contributed by atoms with Crippen molar-refractivity contribution in [1.82, 2.24) is 5.32 Å². The van der Waals surface area contributed by atoms with Crippen molar-refractivity contribution in [3.05, 3.63) is 35.4 Å². The van der Waals surface area contributed by atoms with E-state index in [-0.39, 0.29) is 0 Å². The lowest BCUT2D eigenvalue weighted by atomic mass is 9.98. The summed E-state index contributed by atoms with van der Waals surface area (Å²) in [4.78, 5) is 0. The van der Waals surface area contributed by atoms with Crippen LogP contribution in [-0.2, 0) is 6.54 Å². The van der Waals surface area contributed by atoms with Crippen LogP contribution in [-0.4, -0.2) is 6.54 Å². The van der Waals surface area contributed by atoms with Gasteiger partial charge in [0.15, 0.2) is 0 Å². The molecule has 0 aliphatic carbocycles. The first-order chi connectivity index (χ1) is 6.77. The van der Waals surface area contributed by atoms with Crippen LogP contribution in [0, 0.1) is 0 Å². The molecule has 1 nitrogen and oxygen atoms in total. The van der Waals surface area contributed by atoms with Crippen molar-refractivity contribution in [3.8, 4) is 0 Å². The zero-order valence-electron chi connectivity index (χ0n) is 9.51. The lowest BCUT2D eigenvalue weighted by molar-refractivity contribution is 0.718. The van der Waals surface area contributed by atoms with Crippen molar-refractivity contribution in [3.63, 3.8) is 0 Å². The number of hydrogen-bond acceptors (Lipinski definition) is 1. The summed E-state index contributed by atoms with van der Waals surface area (Å²) in [5.74, 6) is 0.684. The molecular formula is C13H21N. The van der Waals surface area contributed by atoms with E-state index in [1.165, 1.54) is 17.5 Å². The van der Waals surface area contributed by atoms with E-state index in [0.29, 0.717) is 5.92 Å². The Balaban J connectivity index is 2.59. The zero-order valence-corrected chi connectivity index (χ0v) is 9.51. The molecule has 0 radical (unpaired) electrons. The van der Waals surface area contributed by atoms with Crippen molar-refractivity contribution in [1.29, 1.82) is 0 Å². The van der Waals surface area contributed by atoms with E-state index < -0.39 is 0 Å². The van der Waals surface area contributed by atoms with Crippen molar-refractivity contribution >= 4 is 0 Å². The monoisotopic (exact) mass is 191 g/mol. The maximum absolute atomic E-state index is 3.33. The van der Waals surface area contributed by atoms with Crippen LogP contribution in [0.1, 0.15) is 44.2 Å². The topological polar surface area (TPSA) is 12.0 Å². The van der Waals surface area contributed by atoms with Crippen LogP contribution in [0.5, 0.6) is 0 Å². The molecule has 1 N–H and O–H groups in total. The minimum Gasteiger partial charge on any atom is -0.313 e. The van der Waals surface area contributed by atoms with Gasteiger partial charge < -0.3 is 5.32 Å². The molecule has 0 saturated heterocycles. The average molecular weight is 191 g/mol. The van der Waals surface area contributed by atoms with Gasteiger partial charge in [0, 0.05) is 6.54 Å². The summed E-state index contributed by atoms with van der Waals surface area (Å²) in [5, 5.41) is 3.33. The molecule has 0 amide bonds. The quantitative estimate of drug-likeness (QED) is 0.753. The van der Waals surface area contributed by atoms with Gasteiger partial charge in [-0.05, 0) is 30.0 Å². The van der Waals surface area contributed by atoms with Crippen molar-refractivity contribution in [2.24, 2.45) is 0 Å². The third kappa shape index (κ3) is 3.15.